The van der Waals surface area contributed by atoms with Gasteiger partial charge in [-0.15, -0.1) is 23.5 Å². The molecule has 0 fully saturated rings. The lowest BCUT2D eigenvalue weighted by atomic mass is 10.4. The Morgan fingerprint density at radius 3 is 1.59 bits per heavy atom. The van der Waals surface area contributed by atoms with Gasteiger partial charge in [-0.3, -0.25) is 0 Å². The Balaban J connectivity index is 0.000000224. The van der Waals surface area contributed by atoms with Crippen LogP contribution in [0.5, 0.6) is 0 Å². The zero-order valence-electron chi connectivity index (χ0n) is 13.0. The molecule has 0 amide bonds. The van der Waals surface area contributed by atoms with E-state index in [1.54, 1.807) is 0 Å². The van der Waals surface area contributed by atoms with E-state index in [0.29, 0.717) is 0 Å². The van der Waals surface area contributed by atoms with Gasteiger partial charge in [-0.05, 0) is 66.5 Å². The van der Waals surface area contributed by atoms with Crippen molar-refractivity contribution in [1.29, 1.82) is 0 Å². The van der Waals surface area contributed by atoms with Crippen LogP contribution in [0.4, 0.5) is 0 Å². The minimum Gasteiger partial charge on any atom is -0.126 e. The summed E-state index contributed by atoms with van der Waals surface area (Å²) in [5, 5.41) is 1.62. The van der Waals surface area contributed by atoms with Gasteiger partial charge in [-0.25, -0.2) is 0 Å². The van der Waals surface area contributed by atoms with E-state index in [2.05, 4.69) is 26.0 Å². The van der Waals surface area contributed by atoms with Crippen molar-refractivity contribution in [2.75, 3.05) is 11.5 Å². The maximum absolute atomic E-state index is 5.76. The molecule has 0 spiro atoms. The molecule has 0 saturated heterocycles. The summed E-state index contributed by atoms with van der Waals surface area (Å²) in [6.45, 7) is 4.35. The van der Waals surface area contributed by atoms with Crippen molar-refractivity contribution in [3.63, 3.8) is 0 Å². The van der Waals surface area contributed by atoms with Crippen LogP contribution in [-0.2, 0) is 0 Å². The molecule has 0 bridgehead atoms. The van der Waals surface area contributed by atoms with E-state index in [1.807, 2.05) is 59.9 Å². The van der Waals surface area contributed by atoms with Crippen molar-refractivity contribution in [2.45, 2.75) is 36.5 Å². The van der Waals surface area contributed by atoms with Crippen LogP contribution in [0.3, 0.4) is 0 Å². The number of rotatable bonds is 6. The number of halogens is 2. The number of thioether (sulfide) groups is 2. The van der Waals surface area contributed by atoms with Crippen molar-refractivity contribution in [3.05, 3.63) is 58.6 Å². The largest absolute Gasteiger partial charge is 0.126 e. The first kappa shape index (κ1) is 19.8. The first-order valence-corrected chi connectivity index (χ1v) is 10.1. The summed E-state index contributed by atoms with van der Waals surface area (Å²) in [5.41, 5.74) is 0. The molecule has 0 nitrogen and oxygen atoms in total. The van der Waals surface area contributed by atoms with Crippen molar-refractivity contribution in [2.24, 2.45) is 0 Å². The molecule has 0 atom stereocenters. The van der Waals surface area contributed by atoms with Crippen LogP contribution in [0.2, 0.25) is 10.0 Å². The second-order valence-electron chi connectivity index (χ2n) is 4.54. The number of benzene rings is 2. The second kappa shape index (κ2) is 12.2. The molecule has 0 saturated carbocycles. The van der Waals surface area contributed by atoms with Crippen molar-refractivity contribution < 1.29 is 0 Å². The minimum atomic E-state index is 0.806. The molecule has 0 aliphatic rings. The van der Waals surface area contributed by atoms with Gasteiger partial charge in [0, 0.05) is 19.8 Å². The van der Waals surface area contributed by atoms with Gasteiger partial charge in [0.2, 0.25) is 0 Å². The topological polar surface area (TPSA) is 0 Å². The smallest absolute Gasteiger partial charge is 0.0406 e. The maximum atomic E-state index is 5.76. The molecule has 0 N–H and O–H groups in total. The summed E-state index contributed by atoms with van der Waals surface area (Å²) in [6, 6.07) is 15.9. The summed E-state index contributed by atoms with van der Waals surface area (Å²) in [5.74, 6) is 2.32. The Morgan fingerprint density at radius 2 is 1.18 bits per heavy atom. The molecule has 0 unspecified atom stereocenters. The van der Waals surface area contributed by atoms with E-state index in [4.69, 9.17) is 23.2 Å². The van der Waals surface area contributed by atoms with Crippen LogP contribution >= 0.6 is 46.7 Å². The van der Waals surface area contributed by atoms with E-state index in [0.717, 1.165) is 15.8 Å². The van der Waals surface area contributed by atoms with Gasteiger partial charge in [0.1, 0.15) is 0 Å². The Labute approximate surface area is 153 Å². The summed E-state index contributed by atoms with van der Waals surface area (Å²) in [6.07, 6.45) is 2.55. The first-order valence-electron chi connectivity index (χ1n) is 7.42. The fourth-order valence-corrected chi connectivity index (χ4v) is 3.47. The van der Waals surface area contributed by atoms with Crippen molar-refractivity contribution in [3.8, 4) is 0 Å². The van der Waals surface area contributed by atoms with E-state index < -0.39 is 0 Å². The zero-order valence-corrected chi connectivity index (χ0v) is 16.2. The highest BCUT2D eigenvalue weighted by Gasteiger charge is 1.92. The molecule has 2 rings (SSSR count). The van der Waals surface area contributed by atoms with Crippen molar-refractivity contribution >= 4 is 46.7 Å². The zero-order chi connectivity index (χ0) is 16.2. The lowest BCUT2D eigenvalue weighted by Crippen LogP contribution is -1.77. The summed E-state index contributed by atoms with van der Waals surface area (Å²) in [4.78, 5) is 2.60. The standard InChI is InChI=1S/C10H13ClS.C8H9ClS/c1-2-3-8-12-10-6-4-9(11)5-7-10;1-2-10-8-5-3-7(9)4-6-8/h4-7H,2-3,8H2,1H3;3-6H,2H2,1H3. The number of unbranched alkanes of at least 4 members (excludes halogenated alkanes) is 1. The predicted molar refractivity (Wildman–Crippen MR) is 105 cm³/mol. The lowest BCUT2D eigenvalue weighted by Gasteiger charge is -1.99. The van der Waals surface area contributed by atoms with Gasteiger partial charge in [-0.2, -0.15) is 0 Å². The van der Waals surface area contributed by atoms with Crippen LogP contribution in [0.1, 0.15) is 26.7 Å². The molecule has 0 aliphatic heterocycles. The molecular formula is C18H22Cl2S2. The average Bonchev–Trinajstić information content (AvgIpc) is 2.53. The minimum absolute atomic E-state index is 0.806. The van der Waals surface area contributed by atoms with Crippen LogP contribution in [0.15, 0.2) is 58.3 Å². The van der Waals surface area contributed by atoms with E-state index >= 15 is 0 Å². The average molecular weight is 373 g/mol. The Hall–Kier alpha value is -0.280. The van der Waals surface area contributed by atoms with Crippen LogP contribution in [0.25, 0.3) is 0 Å². The number of hydrogen-bond donors (Lipinski definition) is 0. The highest BCUT2D eigenvalue weighted by atomic mass is 35.5. The maximum Gasteiger partial charge on any atom is 0.0406 e. The van der Waals surface area contributed by atoms with E-state index in [1.165, 1.54) is 28.4 Å². The Bertz CT molecular complexity index is 510. The second-order valence-corrected chi connectivity index (χ2v) is 7.92. The third-order valence-electron chi connectivity index (χ3n) is 2.70. The predicted octanol–water partition coefficient (Wildman–Crippen LogP) is 7.68. The molecule has 0 aromatic heterocycles. The summed E-state index contributed by atoms with van der Waals surface area (Å²) >= 11 is 15.2. The molecule has 2 aromatic rings. The number of hydrogen-bond acceptors (Lipinski definition) is 2. The van der Waals surface area contributed by atoms with Gasteiger partial charge in [0.15, 0.2) is 0 Å². The van der Waals surface area contributed by atoms with Crippen LogP contribution in [0, 0.1) is 0 Å². The summed E-state index contributed by atoms with van der Waals surface area (Å²) < 4.78 is 0. The third kappa shape index (κ3) is 8.99. The first-order chi connectivity index (χ1) is 10.7. The molecule has 0 heterocycles. The highest BCUT2D eigenvalue weighted by Crippen LogP contribution is 2.21. The summed E-state index contributed by atoms with van der Waals surface area (Å²) in [7, 11) is 0. The highest BCUT2D eigenvalue weighted by molar-refractivity contribution is 7.99. The molecule has 2 aromatic carbocycles. The monoisotopic (exact) mass is 372 g/mol. The van der Waals surface area contributed by atoms with Crippen LogP contribution < -0.4 is 0 Å². The lowest BCUT2D eigenvalue weighted by molar-refractivity contribution is 0.896. The van der Waals surface area contributed by atoms with E-state index in [9.17, 15) is 0 Å². The van der Waals surface area contributed by atoms with Crippen LogP contribution in [-0.4, -0.2) is 11.5 Å². The Morgan fingerprint density at radius 1 is 0.727 bits per heavy atom. The normalized spacial score (nSPS) is 10.0. The fraction of sp³-hybridized carbons (Fsp3) is 0.333. The van der Waals surface area contributed by atoms with Crippen molar-refractivity contribution in [1.82, 2.24) is 0 Å². The molecule has 0 aliphatic carbocycles. The van der Waals surface area contributed by atoms with Gasteiger partial charge in [0.05, 0.1) is 0 Å². The van der Waals surface area contributed by atoms with Gasteiger partial charge < -0.3 is 0 Å². The molecular weight excluding hydrogens is 351 g/mol. The Kier molecular flexibility index (Phi) is 10.9. The van der Waals surface area contributed by atoms with Gasteiger partial charge in [-0.1, -0.05) is 43.5 Å². The molecule has 22 heavy (non-hydrogen) atoms. The molecule has 4 heteroatoms. The fourth-order valence-electron chi connectivity index (χ4n) is 1.56. The SMILES string of the molecule is CCCCSc1ccc(Cl)cc1.CCSc1ccc(Cl)cc1. The van der Waals surface area contributed by atoms with Gasteiger partial charge >= 0.3 is 0 Å². The van der Waals surface area contributed by atoms with Gasteiger partial charge in [0.25, 0.3) is 0 Å². The molecule has 120 valence electrons. The quantitative estimate of drug-likeness (QED) is 0.376. The molecule has 0 radical (unpaired) electrons. The van der Waals surface area contributed by atoms with E-state index in [-0.39, 0.29) is 0 Å². The third-order valence-corrected chi connectivity index (χ3v) is 5.20.